The van der Waals surface area contributed by atoms with E-state index in [-0.39, 0.29) is 11.9 Å². The summed E-state index contributed by atoms with van der Waals surface area (Å²) in [4.78, 5) is 0. The average Bonchev–Trinajstić information content (AvgIpc) is 2.33. The summed E-state index contributed by atoms with van der Waals surface area (Å²) < 4.78 is 23.7. The van der Waals surface area contributed by atoms with Crippen LogP contribution in [0.1, 0.15) is 11.7 Å². The zero-order valence-corrected chi connectivity index (χ0v) is 9.00. The van der Waals surface area contributed by atoms with Gasteiger partial charge in [-0.15, -0.1) is 0 Å². The lowest BCUT2D eigenvalue weighted by atomic mass is 10.1. The molecule has 0 saturated carbocycles. The van der Waals surface area contributed by atoms with E-state index in [0.29, 0.717) is 18.7 Å². The van der Waals surface area contributed by atoms with Crippen molar-refractivity contribution >= 4 is 0 Å². The second kappa shape index (κ2) is 4.67. The second-order valence-electron chi connectivity index (χ2n) is 3.58. The fraction of sp³-hybridized carbons (Fsp3) is 0.455. The van der Waals surface area contributed by atoms with Crippen molar-refractivity contribution in [1.29, 1.82) is 0 Å². The highest BCUT2D eigenvalue weighted by molar-refractivity contribution is 5.47. The number of morpholine rings is 1. The van der Waals surface area contributed by atoms with Crippen LogP contribution in [0.4, 0.5) is 4.39 Å². The summed E-state index contributed by atoms with van der Waals surface area (Å²) in [7, 11) is 1.40. The molecule has 1 aliphatic heterocycles. The first-order valence-corrected chi connectivity index (χ1v) is 5.11. The van der Waals surface area contributed by atoms with Crippen molar-refractivity contribution in [3.05, 3.63) is 23.5 Å². The van der Waals surface area contributed by atoms with Gasteiger partial charge in [-0.1, -0.05) is 0 Å². The minimum absolute atomic E-state index is 0.147. The van der Waals surface area contributed by atoms with E-state index in [1.807, 2.05) is 0 Å². The molecular weight excluding hydrogens is 213 g/mol. The second-order valence-corrected chi connectivity index (χ2v) is 3.58. The molecule has 1 aliphatic rings. The van der Waals surface area contributed by atoms with Crippen molar-refractivity contribution in [2.45, 2.75) is 6.10 Å². The molecule has 2 rings (SSSR count). The van der Waals surface area contributed by atoms with Gasteiger partial charge in [0.1, 0.15) is 0 Å². The molecule has 0 aliphatic carbocycles. The normalized spacial score (nSPS) is 20.8. The highest BCUT2D eigenvalue weighted by Gasteiger charge is 2.23. The maximum absolute atomic E-state index is 13.1. The summed E-state index contributed by atoms with van der Waals surface area (Å²) >= 11 is 0. The van der Waals surface area contributed by atoms with E-state index < -0.39 is 11.6 Å². The van der Waals surface area contributed by atoms with Crippen molar-refractivity contribution < 1.29 is 19.0 Å². The van der Waals surface area contributed by atoms with Crippen LogP contribution in [0.15, 0.2) is 12.1 Å². The molecule has 16 heavy (non-hydrogen) atoms. The standard InChI is InChI=1S/C11H14FNO3/c1-15-11-7(2-3-8(12)10(11)14)9-6-13-4-5-16-9/h2-3,9,13-14H,4-6H2,1H3. The van der Waals surface area contributed by atoms with E-state index in [1.54, 1.807) is 6.07 Å². The fourth-order valence-electron chi connectivity index (χ4n) is 1.80. The third-order valence-corrected chi connectivity index (χ3v) is 2.59. The van der Waals surface area contributed by atoms with Crippen molar-refractivity contribution in [3.63, 3.8) is 0 Å². The zero-order valence-electron chi connectivity index (χ0n) is 9.00. The molecule has 2 N–H and O–H groups in total. The monoisotopic (exact) mass is 227 g/mol. The van der Waals surface area contributed by atoms with Gasteiger partial charge in [0, 0.05) is 18.7 Å². The van der Waals surface area contributed by atoms with Gasteiger partial charge in [0.25, 0.3) is 0 Å². The summed E-state index contributed by atoms with van der Waals surface area (Å²) in [6, 6.07) is 2.79. The van der Waals surface area contributed by atoms with Crippen molar-refractivity contribution in [2.24, 2.45) is 0 Å². The van der Waals surface area contributed by atoms with Crippen molar-refractivity contribution in [3.8, 4) is 11.5 Å². The van der Waals surface area contributed by atoms with Crippen LogP contribution in [-0.2, 0) is 4.74 Å². The van der Waals surface area contributed by atoms with Crippen LogP contribution < -0.4 is 10.1 Å². The first-order valence-electron chi connectivity index (χ1n) is 5.11. The number of rotatable bonds is 2. The quantitative estimate of drug-likeness (QED) is 0.797. The predicted molar refractivity (Wildman–Crippen MR) is 56.2 cm³/mol. The van der Waals surface area contributed by atoms with Gasteiger partial charge in [-0.25, -0.2) is 4.39 Å². The number of ether oxygens (including phenoxy) is 2. The number of phenols is 1. The number of hydrogen-bond acceptors (Lipinski definition) is 4. The van der Waals surface area contributed by atoms with E-state index >= 15 is 0 Å². The van der Waals surface area contributed by atoms with Gasteiger partial charge in [0.05, 0.1) is 19.8 Å². The first-order chi connectivity index (χ1) is 7.74. The highest BCUT2D eigenvalue weighted by atomic mass is 19.1. The number of phenolic OH excluding ortho intramolecular Hbond substituents is 1. The minimum atomic E-state index is -0.690. The van der Waals surface area contributed by atoms with Crippen LogP contribution in [0.25, 0.3) is 0 Å². The lowest BCUT2D eigenvalue weighted by Crippen LogP contribution is -2.33. The van der Waals surface area contributed by atoms with Crippen LogP contribution in [-0.4, -0.2) is 31.9 Å². The van der Waals surface area contributed by atoms with E-state index in [4.69, 9.17) is 9.47 Å². The zero-order chi connectivity index (χ0) is 11.5. The van der Waals surface area contributed by atoms with Crippen LogP contribution in [0.2, 0.25) is 0 Å². The molecule has 1 aromatic carbocycles. The minimum Gasteiger partial charge on any atom is -0.502 e. The van der Waals surface area contributed by atoms with Crippen molar-refractivity contribution in [2.75, 3.05) is 26.8 Å². The molecule has 0 bridgehead atoms. The van der Waals surface area contributed by atoms with E-state index in [2.05, 4.69) is 5.32 Å². The summed E-state index contributed by atoms with van der Waals surface area (Å²) in [6.07, 6.45) is -0.213. The molecule has 0 spiro atoms. The Hall–Kier alpha value is -1.33. The SMILES string of the molecule is COc1c(C2CNCCO2)ccc(F)c1O. The lowest BCUT2D eigenvalue weighted by Gasteiger charge is -2.25. The Bertz CT molecular complexity index is 378. The van der Waals surface area contributed by atoms with Gasteiger partial charge < -0.3 is 19.9 Å². The largest absolute Gasteiger partial charge is 0.502 e. The van der Waals surface area contributed by atoms with Crippen LogP contribution in [0.3, 0.4) is 0 Å². The number of aromatic hydroxyl groups is 1. The van der Waals surface area contributed by atoms with Gasteiger partial charge in [-0.3, -0.25) is 0 Å². The molecule has 1 fully saturated rings. The van der Waals surface area contributed by atoms with Gasteiger partial charge in [-0.2, -0.15) is 0 Å². The Kier molecular flexibility index (Phi) is 3.26. The summed E-state index contributed by atoms with van der Waals surface area (Å²) in [6.45, 7) is 2.01. The van der Waals surface area contributed by atoms with E-state index in [0.717, 1.165) is 6.54 Å². The maximum atomic E-state index is 13.1. The van der Waals surface area contributed by atoms with Gasteiger partial charge in [-0.05, 0) is 12.1 Å². The summed E-state index contributed by atoms with van der Waals surface area (Å²) in [5, 5.41) is 12.7. The van der Waals surface area contributed by atoms with Gasteiger partial charge in [0.15, 0.2) is 17.3 Å². The summed E-state index contributed by atoms with van der Waals surface area (Å²) in [5.41, 5.74) is 0.661. The molecule has 1 atom stereocenters. The van der Waals surface area contributed by atoms with Crippen molar-refractivity contribution in [1.82, 2.24) is 5.32 Å². The molecular formula is C11H14FNO3. The molecule has 1 aromatic rings. The smallest absolute Gasteiger partial charge is 0.194 e. The lowest BCUT2D eigenvalue weighted by molar-refractivity contribution is 0.0260. The molecule has 5 heteroatoms. The molecule has 0 amide bonds. The number of halogens is 1. The third-order valence-electron chi connectivity index (χ3n) is 2.59. The predicted octanol–water partition coefficient (Wildman–Crippen LogP) is 1.20. The Morgan fingerprint density at radius 2 is 2.38 bits per heavy atom. The number of benzene rings is 1. The third kappa shape index (κ3) is 1.96. The number of hydrogen-bond donors (Lipinski definition) is 2. The Morgan fingerprint density at radius 3 is 3.00 bits per heavy atom. The Morgan fingerprint density at radius 1 is 1.56 bits per heavy atom. The molecule has 88 valence electrons. The fourth-order valence-corrected chi connectivity index (χ4v) is 1.80. The van der Waals surface area contributed by atoms with Gasteiger partial charge in [0.2, 0.25) is 0 Å². The molecule has 1 heterocycles. The van der Waals surface area contributed by atoms with E-state index in [9.17, 15) is 9.50 Å². The molecule has 1 saturated heterocycles. The molecule has 0 aromatic heterocycles. The number of nitrogens with one attached hydrogen (secondary N) is 1. The Balaban J connectivity index is 2.35. The highest BCUT2D eigenvalue weighted by Crippen LogP contribution is 2.37. The molecule has 1 unspecified atom stereocenters. The van der Waals surface area contributed by atoms with E-state index in [1.165, 1.54) is 13.2 Å². The summed E-state index contributed by atoms with van der Waals surface area (Å²) in [5.74, 6) is -1.01. The Labute approximate surface area is 93.0 Å². The molecule has 0 radical (unpaired) electrons. The number of methoxy groups -OCH3 is 1. The van der Waals surface area contributed by atoms with Crippen LogP contribution in [0, 0.1) is 5.82 Å². The van der Waals surface area contributed by atoms with Crippen LogP contribution >= 0.6 is 0 Å². The van der Waals surface area contributed by atoms with Crippen LogP contribution in [0.5, 0.6) is 11.5 Å². The topological polar surface area (TPSA) is 50.7 Å². The average molecular weight is 227 g/mol. The van der Waals surface area contributed by atoms with Gasteiger partial charge >= 0.3 is 0 Å². The first kappa shape index (κ1) is 11.2. The molecule has 4 nitrogen and oxygen atoms in total. The maximum Gasteiger partial charge on any atom is 0.194 e.